The summed E-state index contributed by atoms with van der Waals surface area (Å²) in [5, 5.41) is 3.33. The molecule has 126 valence electrons. The van der Waals surface area contributed by atoms with E-state index in [0.29, 0.717) is 6.41 Å². The normalized spacial score (nSPS) is 11.5. The summed E-state index contributed by atoms with van der Waals surface area (Å²) in [6.45, 7) is 2.12. The fraction of sp³-hybridized carbons (Fsp3) is 0.150. The van der Waals surface area contributed by atoms with Crippen molar-refractivity contribution >= 4 is 29.0 Å². The smallest absolute Gasteiger partial charge is 0.213 e. The number of hydrogen-bond donors (Lipinski definition) is 2. The maximum atomic E-state index is 10.7. The number of carbonyl (C=O) groups is 1. The van der Waals surface area contributed by atoms with Crippen LogP contribution in [-0.4, -0.2) is 17.4 Å². The molecule has 0 aliphatic heterocycles. The van der Waals surface area contributed by atoms with Crippen molar-refractivity contribution in [3.05, 3.63) is 60.2 Å². The van der Waals surface area contributed by atoms with Crippen molar-refractivity contribution in [1.82, 2.24) is 10.3 Å². The van der Waals surface area contributed by atoms with Gasteiger partial charge in [-0.2, -0.15) is 0 Å². The Bertz CT molecular complexity index is 920. The highest BCUT2D eigenvalue weighted by Crippen LogP contribution is 2.36. The Labute approximate surface area is 146 Å². The molecular weight excluding hydrogens is 312 g/mol. The number of aliphatic imine (C=N–C) groups is 1. The summed E-state index contributed by atoms with van der Waals surface area (Å²) in [6.07, 6.45) is 2.29. The second-order valence-corrected chi connectivity index (χ2v) is 5.68. The molecule has 0 bridgehead atoms. The van der Waals surface area contributed by atoms with Gasteiger partial charge in [-0.3, -0.25) is 10.1 Å². The minimum Gasteiger partial charge on any atom is -0.369 e. The van der Waals surface area contributed by atoms with Gasteiger partial charge >= 0.3 is 0 Å². The Morgan fingerprint density at radius 2 is 1.88 bits per heavy atom. The first-order valence-corrected chi connectivity index (χ1v) is 8.26. The van der Waals surface area contributed by atoms with E-state index in [1.54, 1.807) is 0 Å². The molecule has 3 aromatic rings. The molecule has 0 radical (unpaired) electrons. The Balaban J connectivity index is 2.34. The summed E-state index contributed by atoms with van der Waals surface area (Å²) in [5.41, 5.74) is 10.4. The minimum absolute atomic E-state index is 0.0720. The lowest BCUT2D eigenvalue weighted by molar-refractivity contribution is -0.108. The number of nitrogens with two attached hydrogens (primary N) is 1. The van der Waals surface area contributed by atoms with Gasteiger partial charge in [-0.15, -0.1) is 0 Å². The molecule has 0 spiro atoms. The van der Waals surface area contributed by atoms with Crippen LogP contribution in [0.1, 0.15) is 18.9 Å². The van der Waals surface area contributed by atoms with E-state index in [4.69, 9.17) is 10.7 Å². The van der Waals surface area contributed by atoms with E-state index in [1.807, 2.05) is 54.6 Å². The summed E-state index contributed by atoms with van der Waals surface area (Å²) in [6, 6.07) is 17.9. The molecule has 1 aromatic heterocycles. The monoisotopic (exact) mass is 332 g/mol. The van der Waals surface area contributed by atoms with Gasteiger partial charge in [-0.1, -0.05) is 61.9 Å². The van der Waals surface area contributed by atoms with Crippen LogP contribution >= 0.6 is 0 Å². The molecule has 0 saturated heterocycles. The van der Waals surface area contributed by atoms with Crippen LogP contribution in [0.2, 0.25) is 0 Å². The van der Waals surface area contributed by atoms with Gasteiger partial charge in [0, 0.05) is 16.5 Å². The molecule has 0 atom stereocenters. The molecule has 0 aliphatic carbocycles. The zero-order chi connectivity index (χ0) is 17.6. The highest BCUT2D eigenvalue weighted by molar-refractivity contribution is 5.99. The van der Waals surface area contributed by atoms with E-state index in [9.17, 15) is 4.79 Å². The molecule has 0 aliphatic rings. The molecular formula is C20H20N4O. The van der Waals surface area contributed by atoms with E-state index < -0.39 is 0 Å². The molecule has 0 fully saturated rings. The fourth-order valence-electron chi connectivity index (χ4n) is 2.90. The third-order valence-corrected chi connectivity index (χ3v) is 3.95. The van der Waals surface area contributed by atoms with E-state index >= 15 is 0 Å². The van der Waals surface area contributed by atoms with Gasteiger partial charge in [0.25, 0.3) is 0 Å². The van der Waals surface area contributed by atoms with Crippen LogP contribution in [0.25, 0.3) is 22.2 Å². The predicted octanol–water partition coefficient (Wildman–Crippen LogP) is 3.55. The molecule has 3 N–H and O–H groups in total. The standard InChI is InChI=1S/C20H20N4O/c1-2-8-16-18(14-9-4-3-5-10-14)23-17-12-7-6-11-15(17)19(16)24-20(21)22-13-25/h3-7,9-13H,2,8H2,1H3,(H3,21,22,23,24,25). The van der Waals surface area contributed by atoms with Crippen molar-refractivity contribution in [3.63, 3.8) is 0 Å². The lowest BCUT2D eigenvalue weighted by Crippen LogP contribution is -2.29. The number of nitrogens with one attached hydrogen (secondary N) is 1. The zero-order valence-electron chi connectivity index (χ0n) is 14.1. The third-order valence-electron chi connectivity index (χ3n) is 3.95. The van der Waals surface area contributed by atoms with Crippen molar-refractivity contribution in [1.29, 1.82) is 0 Å². The van der Waals surface area contributed by atoms with Crippen molar-refractivity contribution in [2.24, 2.45) is 10.7 Å². The van der Waals surface area contributed by atoms with E-state index in [1.165, 1.54) is 0 Å². The van der Waals surface area contributed by atoms with Gasteiger partial charge in [0.05, 0.1) is 16.9 Å². The number of hydrogen-bond acceptors (Lipinski definition) is 3. The van der Waals surface area contributed by atoms with Crippen LogP contribution in [0.4, 0.5) is 5.69 Å². The van der Waals surface area contributed by atoms with Crippen LogP contribution in [0.5, 0.6) is 0 Å². The zero-order valence-corrected chi connectivity index (χ0v) is 14.1. The molecule has 5 heteroatoms. The lowest BCUT2D eigenvalue weighted by Gasteiger charge is -2.15. The van der Waals surface area contributed by atoms with Crippen molar-refractivity contribution in [2.75, 3.05) is 0 Å². The molecule has 0 unspecified atom stereocenters. The Morgan fingerprint density at radius 3 is 2.60 bits per heavy atom. The van der Waals surface area contributed by atoms with Crippen LogP contribution in [0, 0.1) is 0 Å². The Kier molecular flexibility index (Phi) is 5.04. The lowest BCUT2D eigenvalue weighted by atomic mass is 9.97. The molecule has 25 heavy (non-hydrogen) atoms. The molecule has 1 heterocycles. The number of para-hydroxylation sites is 1. The van der Waals surface area contributed by atoms with Crippen LogP contribution in [0.15, 0.2) is 59.6 Å². The topological polar surface area (TPSA) is 80.4 Å². The van der Waals surface area contributed by atoms with Crippen LogP contribution in [0.3, 0.4) is 0 Å². The van der Waals surface area contributed by atoms with Gasteiger partial charge < -0.3 is 5.73 Å². The van der Waals surface area contributed by atoms with Gasteiger partial charge in [0.1, 0.15) is 0 Å². The summed E-state index contributed by atoms with van der Waals surface area (Å²) in [7, 11) is 0. The van der Waals surface area contributed by atoms with Gasteiger partial charge in [-0.25, -0.2) is 9.98 Å². The number of fused-ring (bicyclic) bond motifs is 1. The fourth-order valence-corrected chi connectivity index (χ4v) is 2.90. The first-order chi connectivity index (χ1) is 12.2. The van der Waals surface area contributed by atoms with Crippen molar-refractivity contribution in [2.45, 2.75) is 19.8 Å². The van der Waals surface area contributed by atoms with E-state index in [0.717, 1.165) is 46.3 Å². The SMILES string of the molecule is CCCc1c(-c2ccccc2)nc2ccccc2c1N=C(N)NC=O. The summed E-state index contributed by atoms with van der Waals surface area (Å²) in [5.74, 6) is 0.0720. The predicted molar refractivity (Wildman–Crippen MR) is 102 cm³/mol. The summed E-state index contributed by atoms with van der Waals surface area (Å²) >= 11 is 0. The average molecular weight is 332 g/mol. The number of rotatable bonds is 5. The van der Waals surface area contributed by atoms with Crippen LogP contribution in [-0.2, 0) is 11.2 Å². The highest BCUT2D eigenvalue weighted by atomic mass is 16.1. The second-order valence-electron chi connectivity index (χ2n) is 5.68. The minimum atomic E-state index is 0.0720. The molecule has 0 saturated carbocycles. The van der Waals surface area contributed by atoms with Gasteiger partial charge in [0.15, 0.2) is 5.96 Å². The number of nitrogens with zero attached hydrogens (tertiary/aromatic N) is 2. The van der Waals surface area contributed by atoms with Crippen LogP contribution < -0.4 is 11.1 Å². The Hall–Kier alpha value is -3.21. The summed E-state index contributed by atoms with van der Waals surface area (Å²) in [4.78, 5) is 20.1. The van der Waals surface area contributed by atoms with E-state index in [2.05, 4.69) is 17.2 Å². The number of carbonyl (C=O) groups excluding carboxylic acids is 1. The Morgan fingerprint density at radius 1 is 1.16 bits per heavy atom. The molecule has 3 rings (SSSR count). The molecule has 2 aromatic carbocycles. The third kappa shape index (κ3) is 3.50. The van der Waals surface area contributed by atoms with E-state index in [-0.39, 0.29) is 5.96 Å². The largest absolute Gasteiger partial charge is 0.369 e. The van der Waals surface area contributed by atoms with Crippen molar-refractivity contribution in [3.8, 4) is 11.3 Å². The quantitative estimate of drug-likeness (QED) is 0.426. The highest BCUT2D eigenvalue weighted by Gasteiger charge is 2.16. The second kappa shape index (κ2) is 7.57. The average Bonchev–Trinajstić information content (AvgIpc) is 2.64. The number of pyridine rings is 1. The number of benzene rings is 2. The summed E-state index contributed by atoms with van der Waals surface area (Å²) < 4.78 is 0. The maximum Gasteiger partial charge on any atom is 0.213 e. The van der Waals surface area contributed by atoms with Gasteiger partial charge in [0.2, 0.25) is 6.41 Å². The maximum absolute atomic E-state index is 10.7. The number of amides is 1. The van der Waals surface area contributed by atoms with Gasteiger partial charge in [-0.05, 0) is 12.5 Å². The molecule has 1 amide bonds. The first kappa shape index (κ1) is 16.6. The number of aromatic nitrogens is 1. The number of guanidine groups is 1. The van der Waals surface area contributed by atoms with Crippen molar-refractivity contribution < 1.29 is 4.79 Å². The first-order valence-electron chi connectivity index (χ1n) is 8.26. The molecule has 5 nitrogen and oxygen atoms in total.